The lowest BCUT2D eigenvalue weighted by molar-refractivity contribution is -0.143. The summed E-state index contributed by atoms with van der Waals surface area (Å²) in [6, 6.07) is 13.1. The molecule has 1 aliphatic heterocycles. The molecule has 2 aromatic rings. The number of aliphatic hydroxyl groups is 1. The van der Waals surface area contributed by atoms with Gasteiger partial charge in [-0.1, -0.05) is 30.3 Å². The fourth-order valence-electron chi connectivity index (χ4n) is 3.21. The maximum Gasteiger partial charge on any atom is 0.332 e. The third-order valence-corrected chi connectivity index (χ3v) is 4.89. The number of carbonyl (C=O) groups is 3. The highest BCUT2D eigenvalue weighted by molar-refractivity contribution is 6.46. The molecule has 2 aromatic carbocycles. The molecule has 1 aliphatic rings. The lowest BCUT2D eigenvalue weighted by Gasteiger charge is -2.25. The molecule has 3 amide bonds. The summed E-state index contributed by atoms with van der Waals surface area (Å²) in [5.74, 6) is -3.08. The Morgan fingerprint density at radius 3 is 2.36 bits per heavy atom. The zero-order valence-corrected chi connectivity index (χ0v) is 18.0. The molecule has 11 nitrogen and oxygen atoms in total. The third kappa shape index (κ3) is 5.58. The highest BCUT2D eigenvalue weighted by Crippen LogP contribution is 2.31. The molecule has 0 bridgehead atoms. The Morgan fingerprint density at radius 1 is 1.09 bits per heavy atom. The molecular weight excluding hydrogens is 428 g/mol. The zero-order chi connectivity index (χ0) is 24.0. The van der Waals surface area contributed by atoms with E-state index in [9.17, 15) is 19.5 Å². The van der Waals surface area contributed by atoms with Gasteiger partial charge in [0.1, 0.15) is 11.6 Å². The van der Waals surface area contributed by atoms with Crippen molar-refractivity contribution in [1.29, 1.82) is 0 Å². The highest BCUT2D eigenvalue weighted by Gasteiger charge is 2.34. The number of hydrogen-bond acceptors (Lipinski definition) is 8. The van der Waals surface area contributed by atoms with Crippen LogP contribution in [0.25, 0.3) is 0 Å². The number of nitrogens with one attached hydrogen (secondary N) is 4. The summed E-state index contributed by atoms with van der Waals surface area (Å²) in [5, 5.41) is 22.8. The average molecular weight is 452 g/mol. The normalized spacial score (nSPS) is 13.7. The minimum Gasteiger partial charge on any atom is -0.493 e. The number of methoxy groups -OCH3 is 1. The monoisotopic (exact) mass is 452 g/mol. The zero-order valence-electron chi connectivity index (χ0n) is 18.0. The van der Waals surface area contributed by atoms with E-state index >= 15 is 0 Å². The van der Waals surface area contributed by atoms with Gasteiger partial charge in [-0.05, 0) is 30.7 Å². The molecule has 0 fully saturated rings. The van der Waals surface area contributed by atoms with Gasteiger partial charge in [0.15, 0.2) is 0 Å². The summed E-state index contributed by atoms with van der Waals surface area (Å²) in [5.41, 5.74) is 9.53. The summed E-state index contributed by atoms with van der Waals surface area (Å²) in [6.45, 7) is 1.80. The molecule has 0 radical (unpaired) electrons. The maximum absolute atomic E-state index is 13.1. The number of amides is 3. The van der Waals surface area contributed by atoms with Crippen LogP contribution in [-0.4, -0.2) is 35.8 Å². The van der Waals surface area contributed by atoms with E-state index in [2.05, 4.69) is 21.1 Å². The molecule has 0 saturated heterocycles. The Hall–Kier alpha value is -4.54. The number of benzene rings is 2. The molecule has 3 rings (SSSR count). The van der Waals surface area contributed by atoms with Crippen LogP contribution in [0.3, 0.4) is 0 Å². The van der Waals surface area contributed by atoms with Gasteiger partial charge in [0.2, 0.25) is 5.88 Å². The first-order valence-corrected chi connectivity index (χ1v) is 9.93. The van der Waals surface area contributed by atoms with Crippen molar-refractivity contribution in [2.24, 2.45) is 16.8 Å². The molecule has 11 heteroatoms. The van der Waals surface area contributed by atoms with E-state index in [-0.39, 0.29) is 23.7 Å². The molecule has 1 atom stereocenters. The second-order valence-electron chi connectivity index (χ2n) is 7.14. The Labute approximate surface area is 189 Å². The van der Waals surface area contributed by atoms with Crippen molar-refractivity contribution in [3.8, 4) is 0 Å². The van der Waals surface area contributed by atoms with Crippen LogP contribution in [0.5, 0.6) is 0 Å². The van der Waals surface area contributed by atoms with Crippen molar-refractivity contribution in [3.63, 3.8) is 0 Å². The van der Waals surface area contributed by atoms with E-state index < -0.39 is 23.8 Å². The lowest BCUT2D eigenvalue weighted by atomic mass is 9.95. The van der Waals surface area contributed by atoms with Gasteiger partial charge in [0, 0.05) is 12.1 Å². The molecule has 1 heterocycles. The Kier molecular flexibility index (Phi) is 7.13. The quantitative estimate of drug-likeness (QED) is 0.213. The fourth-order valence-corrected chi connectivity index (χ4v) is 3.21. The Bertz CT molecular complexity index is 1140. The second-order valence-corrected chi connectivity index (χ2v) is 7.14. The summed E-state index contributed by atoms with van der Waals surface area (Å²) in [6.07, 6.45) is -0.194. The number of rotatable bonds is 7. The third-order valence-electron chi connectivity index (χ3n) is 4.89. The van der Waals surface area contributed by atoms with Crippen LogP contribution in [0.2, 0.25) is 0 Å². The summed E-state index contributed by atoms with van der Waals surface area (Å²) in [4.78, 5) is 37.0. The summed E-state index contributed by atoms with van der Waals surface area (Å²) in [7, 11) is 1.16. The number of hydrogen-bond donors (Lipinski definition) is 6. The van der Waals surface area contributed by atoms with Gasteiger partial charge in [0.05, 0.1) is 24.2 Å². The molecule has 0 spiro atoms. The molecule has 33 heavy (non-hydrogen) atoms. The van der Waals surface area contributed by atoms with E-state index in [1.807, 2.05) is 5.43 Å². The van der Waals surface area contributed by atoms with E-state index in [0.29, 0.717) is 17.1 Å². The van der Waals surface area contributed by atoms with Crippen molar-refractivity contribution in [1.82, 2.24) is 5.43 Å². The van der Waals surface area contributed by atoms with Crippen molar-refractivity contribution >= 4 is 40.7 Å². The summed E-state index contributed by atoms with van der Waals surface area (Å²) >= 11 is 0. The molecule has 0 saturated carbocycles. The van der Waals surface area contributed by atoms with Crippen molar-refractivity contribution in [2.45, 2.75) is 13.3 Å². The van der Waals surface area contributed by atoms with E-state index in [4.69, 9.17) is 10.5 Å². The number of allylic oxidation sites excluding steroid dienone is 1. The van der Waals surface area contributed by atoms with Crippen LogP contribution in [-0.2, 0) is 14.3 Å². The molecule has 0 unspecified atom stereocenters. The number of fused-ring (bicyclic) bond motifs is 1. The van der Waals surface area contributed by atoms with E-state index in [1.165, 1.54) is 0 Å². The van der Waals surface area contributed by atoms with Crippen molar-refractivity contribution in [2.75, 3.05) is 23.1 Å². The Morgan fingerprint density at radius 2 is 1.73 bits per heavy atom. The minimum absolute atomic E-state index is 0.194. The number of para-hydroxylation sites is 3. The van der Waals surface area contributed by atoms with Gasteiger partial charge >= 0.3 is 12.0 Å². The standard InChI is InChI=1S/C22H24N6O5/c1-12-7-3-4-8-14(12)25-20(30)18(27-28-22(23)32)13(21(31)33-2)11-17-19(29)26-16-10-6-5-9-15(16)24-17/h3-10,13,24,26,29H,11H2,1-2H3,(H,25,30)(H3,23,28,32)/b27-18-/t13-/m0/s1. The smallest absolute Gasteiger partial charge is 0.332 e. The van der Waals surface area contributed by atoms with Gasteiger partial charge in [0.25, 0.3) is 5.91 Å². The average Bonchev–Trinajstić information content (AvgIpc) is 2.79. The first-order chi connectivity index (χ1) is 15.8. The number of nitrogens with two attached hydrogens (primary N) is 1. The van der Waals surface area contributed by atoms with E-state index in [0.717, 1.165) is 12.7 Å². The van der Waals surface area contributed by atoms with Crippen LogP contribution in [0.1, 0.15) is 12.0 Å². The molecule has 172 valence electrons. The number of esters is 1. The Balaban J connectivity index is 1.94. The van der Waals surface area contributed by atoms with Crippen LogP contribution >= 0.6 is 0 Å². The van der Waals surface area contributed by atoms with Gasteiger partial charge in [-0.3, -0.25) is 9.59 Å². The van der Waals surface area contributed by atoms with Crippen LogP contribution in [0, 0.1) is 12.8 Å². The van der Waals surface area contributed by atoms with Crippen LogP contribution < -0.4 is 27.1 Å². The van der Waals surface area contributed by atoms with Gasteiger partial charge in [-0.2, -0.15) is 5.10 Å². The lowest BCUT2D eigenvalue weighted by Crippen LogP contribution is -2.39. The van der Waals surface area contributed by atoms with Crippen molar-refractivity contribution in [3.05, 3.63) is 65.7 Å². The largest absolute Gasteiger partial charge is 0.493 e. The van der Waals surface area contributed by atoms with Crippen LogP contribution in [0.4, 0.5) is 21.9 Å². The van der Waals surface area contributed by atoms with Gasteiger partial charge in [-0.15, -0.1) is 0 Å². The number of primary amides is 1. The number of aryl methyl sites for hydroxylation is 1. The SMILES string of the molecule is COC(=O)[C@@H](CC1=C(O)Nc2ccccc2N1)/C(=N/NC(N)=O)C(=O)Nc1ccccc1C. The minimum atomic E-state index is -1.29. The number of hydrazone groups is 1. The number of nitrogens with zero attached hydrogens (tertiary/aromatic N) is 1. The van der Waals surface area contributed by atoms with Crippen molar-refractivity contribution < 1.29 is 24.2 Å². The molecular formula is C22H24N6O5. The number of urea groups is 1. The maximum atomic E-state index is 13.1. The van der Waals surface area contributed by atoms with Gasteiger partial charge in [-0.25, -0.2) is 10.2 Å². The second kappa shape index (κ2) is 10.2. The predicted molar refractivity (Wildman–Crippen MR) is 123 cm³/mol. The predicted octanol–water partition coefficient (Wildman–Crippen LogP) is 2.40. The number of anilines is 3. The molecule has 0 aromatic heterocycles. The number of aliphatic hydroxyl groups excluding tert-OH is 1. The topological polar surface area (TPSA) is 167 Å². The summed E-state index contributed by atoms with van der Waals surface area (Å²) < 4.78 is 4.87. The van der Waals surface area contributed by atoms with Crippen LogP contribution in [0.15, 0.2) is 65.2 Å². The fraction of sp³-hybridized carbons (Fsp3) is 0.182. The highest BCUT2D eigenvalue weighted by atomic mass is 16.5. The first kappa shape index (κ1) is 23.1. The molecule has 7 N–H and O–H groups in total. The van der Waals surface area contributed by atoms with E-state index in [1.54, 1.807) is 55.5 Å². The molecule has 0 aliphatic carbocycles. The first-order valence-electron chi connectivity index (χ1n) is 9.93. The number of ether oxygens (including phenoxy) is 1. The van der Waals surface area contributed by atoms with Gasteiger partial charge < -0.3 is 31.5 Å². The number of carbonyl (C=O) groups excluding carboxylic acids is 3.